The fourth-order valence-electron chi connectivity index (χ4n) is 1.00. The van der Waals surface area contributed by atoms with Crippen molar-refractivity contribution in [2.45, 2.75) is 18.9 Å². The van der Waals surface area contributed by atoms with Gasteiger partial charge in [-0.15, -0.1) is 0 Å². The summed E-state index contributed by atoms with van der Waals surface area (Å²) in [6.45, 7) is 0.641. The fourth-order valence-corrected chi connectivity index (χ4v) is 1.46. The van der Waals surface area contributed by atoms with E-state index in [9.17, 15) is 13.6 Å². The zero-order chi connectivity index (χ0) is 8.27. The summed E-state index contributed by atoms with van der Waals surface area (Å²) in [5.74, 6) is -0.236. The van der Waals surface area contributed by atoms with E-state index < -0.39 is 17.3 Å². The van der Waals surface area contributed by atoms with Gasteiger partial charge in [-0.05, 0) is 12.8 Å². The molecular formula is C5H9N2O3S-. The maximum atomic E-state index is 10.9. The van der Waals surface area contributed by atoms with E-state index in [0.29, 0.717) is 13.0 Å². The van der Waals surface area contributed by atoms with Crippen LogP contribution in [0.15, 0.2) is 0 Å². The summed E-state index contributed by atoms with van der Waals surface area (Å²) < 4.78 is 22.4. The summed E-state index contributed by atoms with van der Waals surface area (Å²) in [5.41, 5.74) is 0. The Morgan fingerprint density at radius 2 is 2.45 bits per heavy atom. The Morgan fingerprint density at radius 3 is 3.00 bits per heavy atom. The second-order valence-corrected chi connectivity index (χ2v) is 3.04. The molecule has 5 nitrogen and oxygen atoms in total. The minimum absolute atomic E-state index is 0.236. The molecule has 0 bridgehead atoms. The van der Waals surface area contributed by atoms with E-state index in [1.54, 1.807) is 0 Å². The Morgan fingerprint density at radius 1 is 1.73 bits per heavy atom. The van der Waals surface area contributed by atoms with Crippen LogP contribution in [-0.2, 0) is 16.1 Å². The van der Waals surface area contributed by atoms with Gasteiger partial charge in [0.2, 0.25) is 5.91 Å². The molecule has 1 aliphatic rings. The number of carbonyl (C=O) groups excluding carboxylic acids is 1. The molecule has 1 rings (SSSR count). The van der Waals surface area contributed by atoms with Crippen molar-refractivity contribution in [1.82, 2.24) is 10.0 Å². The van der Waals surface area contributed by atoms with Crippen LogP contribution < -0.4 is 10.0 Å². The summed E-state index contributed by atoms with van der Waals surface area (Å²) in [5, 5.41) is 2.56. The smallest absolute Gasteiger partial charge is 0.238 e. The van der Waals surface area contributed by atoms with Crippen LogP contribution in [0.25, 0.3) is 0 Å². The van der Waals surface area contributed by atoms with Gasteiger partial charge < -0.3 is 9.87 Å². The van der Waals surface area contributed by atoms with Gasteiger partial charge in [0.05, 0.1) is 6.04 Å². The van der Waals surface area contributed by atoms with Crippen LogP contribution in [0.3, 0.4) is 0 Å². The van der Waals surface area contributed by atoms with E-state index in [0.717, 1.165) is 6.42 Å². The lowest BCUT2D eigenvalue weighted by Crippen LogP contribution is -2.48. The Kier molecular flexibility index (Phi) is 2.98. The largest absolute Gasteiger partial charge is 0.760 e. The van der Waals surface area contributed by atoms with Crippen LogP contribution in [0.4, 0.5) is 0 Å². The standard InChI is InChI=1S/C5H10N2O3S/c8-5-4(7-11(9)10)2-1-3-6-5/h4,7H,1-3H2,(H,6,8)(H,9,10)/p-1. The zero-order valence-corrected chi connectivity index (χ0v) is 6.65. The first kappa shape index (κ1) is 8.63. The van der Waals surface area contributed by atoms with Crippen LogP contribution in [0, 0.1) is 0 Å². The molecule has 2 atom stereocenters. The SMILES string of the molecule is O=C1NCCCC1NS(=O)[O-]. The molecule has 0 aromatic heterocycles. The van der Waals surface area contributed by atoms with Crippen molar-refractivity contribution in [1.29, 1.82) is 0 Å². The van der Waals surface area contributed by atoms with Gasteiger partial charge in [-0.3, -0.25) is 9.00 Å². The Labute approximate surface area is 67.0 Å². The van der Waals surface area contributed by atoms with Crippen molar-refractivity contribution in [3.63, 3.8) is 0 Å². The van der Waals surface area contributed by atoms with E-state index in [2.05, 4.69) is 10.0 Å². The van der Waals surface area contributed by atoms with Gasteiger partial charge in [-0.2, -0.15) is 0 Å². The summed E-state index contributed by atoms with van der Waals surface area (Å²) in [6.07, 6.45) is 1.40. The zero-order valence-electron chi connectivity index (χ0n) is 5.83. The molecule has 0 saturated carbocycles. The Hall–Kier alpha value is -0.460. The van der Waals surface area contributed by atoms with E-state index in [-0.39, 0.29) is 5.91 Å². The molecule has 1 aliphatic heterocycles. The number of nitrogens with one attached hydrogen (secondary N) is 2. The molecule has 2 unspecified atom stereocenters. The lowest BCUT2D eigenvalue weighted by molar-refractivity contribution is -0.124. The minimum Gasteiger partial charge on any atom is -0.760 e. The lowest BCUT2D eigenvalue weighted by Gasteiger charge is -2.23. The average Bonchev–Trinajstić information content (AvgIpc) is 1.93. The third-order valence-electron chi connectivity index (χ3n) is 1.52. The molecule has 0 aliphatic carbocycles. The molecule has 1 amide bonds. The van der Waals surface area contributed by atoms with Crippen LogP contribution in [-0.4, -0.2) is 27.3 Å². The Bertz CT molecular complexity index is 185. The number of rotatable bonds is 2. The van der Waals surface area contributed by atoms with Crippen molar-refractivity contribution in [3.05, 3.63) is 0 Å². The number of hydrogen-bond acceptors (Lipinski definition) is 3. The topological polar surface area (TPSA) is 81.3 Å². The van der Waals surface area contributed by atoms with Crippen LogP contribution in [0.2, 0.25) is 0 Å². The first-order chi connectivity index (χ1) is 5.20. The molecule has 0 radical (unpaired) electrons. The number of piperidine rings is 1. The summed E-state index contributed by atoms with van der Waals surface area (Å²) in [4.78, 5) is 10.9. The maximum Gasteiger partial charge on any atom is 0.238 e. The molecule has 0 spiro atoms. The first-order valence-electron chi connectivity index (χ1n) is 3.33. The van der Waals surface area contributed by atoms with Crippen molar-refractivity contribution >= 4 is 17.2 Å². The van der Waals surface area contributed by atoms with E-state index >= 15 is 0 Å². The molecule has 0 aromatic rings. The highest BCUT2D eigenvalue weighted by Gasteiger charge is 2.20. The van der Waals surface area contributed by atoms with Gasteiger partial charge in [-0.1, -0.05) is 0 Å². The molecule has 64 valence electrons. The number of amides is 1. The second-order valence-electron chi connectivity index (χ2n) is 2.34. The monoisotopic (exact) mass is 177 g/mol. The van der Waals surface area contributed by atoms with Crippen LogP contribution in [0.1, 0.15) is 12.8 Å². The van der Waals surface area contributed by atoms with E-state index in [1.165, 1.54) is 0 Å². The lowest BCUT2D eigenvalue weighted by atomic mass is 10.1. The van der Waals surface area contributed by atoms with Crippen LogP contribution in [0.5, 0.6) is 0 Å². The number of hydrogen-bond donors (Lipinski definition) is 2. The van der Waals surface area contributed by atoms with Crippen molar-refractivity contribution in [2.75, 3.05) is 6.54 Å². The van der Waals surface area contributed by atoms with Gasteiger partial charge in [-0.25, -0.2) is 4.72 Å². The Balaban J connectivity index is 2.42. The van der Waals surface area contributed by atoms with Gasteiger partial charge in [0.25, 0.3) is 0 Å². The molecule has 0 aromatic carbocycles. The predicted octanol–water partition coefficient (Wildman–Crippen LogP) is -1.35. The number of carbonyl (C=O) groups is 1. The molecule has 6 heteroatoms. The molecule has 1 fully saturated rings. The molecule has 1 saturated heterocycles. The van der Waals surface area contributed by atoms with Gasteiger partial charge in [0.15, 0.2) is 0 Å². The highest BCUT2D eigenvalue weighted by Crippen LogP contribution is 2.02. The summed E-state index contributed by atoms with van der Waals surface area (Å²) in [6, 6.07) is -0.568. The van der Waals surface area contributed by atoms with E-state index in [4.69, 9.17) is 0 Å². The van der Waals surface area contributed by atoms with Crippen molar-refractivity contribution in [2.24, 2.45) is 0 Å². The molecule has 2 N–H and O–H groups in total. The highest BCUT2D eigenvalue weighted by atomic mass is 32.2. The predicted molar refractivity (Wildman–Crippen MR) is 38.1 cm³/mol. The normalized spacial score (nSPS) is 27.7. The minimum atomic E-state index is -2.34. The summed E-state index contributed by atoms with van der Waals surface area (Å²) >= 11 is -2.34. The molecule has 1 heterocycles. The average molecular weight is 177 g/mol. The van der Waals surface area contributed by atoms with Crippen molar-refractivity contribution in [3.8, 4) is 0 Å². The van der Waals surface area contributed by atoms with Gasteiger partial charge in [0, 0.05) is 17.8 Å². The molecular weight excluding hydrogens is 168 g/mol. The van der Waals surface area contributed by atoms with Crippen LogP contribution >= 0.6 is 0 Å². The maximum absolute atomic E-state index is 10.9. The third-order valence-corrected chi connectivity index (χ3v) is 2.00. The summed E-state index contributed by atoms with van der Waals surface area (Å²) in [7, 11) is 0. The first-order valence-corrected chi connectivity index (χ1v) is 4.41. The molecule has 11 heavy (non-hydrogen) atoms. The highest BCUT2D eigenvalue weighted by molar-refractivity contribution is 7.77. The van der Waals surface area contributed by atoms with E-state index in [1.807, 2.05) is 0 Å². The second kappa shape index (κ2) is 3.80. The quantitative estimate of drug-likeness (QED) is 0.512. The van der Waals surface area contributed by atoms with Gasteiger partial charge >= 0.3 is 0 Å². The van der Waals surface area contributed by atoms with Crippen molar-refractivity contribution < 1.29 is 13.6 Å². The third kappa shape index (κ3) is 2.57. The van der Waals surface area contributed by atoms with Gasteiger partial charge in [0.1, 0.15) is 0 Å². The fraction of sp³-hybridized carbons (Fsp3) is 0.800.